The van der Waals surface area contributed by atoms with Crippen LogP contribution in [0.25, 0.3) is 10.8 Å². The number of nitrogens with zero attached hydrogens (tertiary/aromatic N) is 1. The van der Waals surface area contributed by atoms with E-state index in [0.717, 1.165) is 20.2 Å². The van der Waals surface area contributed by atoms with Gasteiger partial charge in [0.1, 0.15) is 0 Å². The molecule has 3 aromatic rings. The molecular weight excluding hydrogens is 419 g/mol. The van der Waals surface area contributed by atoms with E-state index in [1.807, 2.05) is 36.4 Å². The lowest BCUT2D eigenvalue weighted by atomic mass is 10.0. The molecule has 0 aliphatic rings. The van der Waals surface area contributed by atoms with Crippen molar-refractivity contribution in [3.63, 3.8) is 0 Å². The highest BCUT2D eigenvalue weighted by atomic mass is 127. The molecular formula is C18H15IN2O3. The molecule has 5 nitrogen and oxygen atoms in total. The van der Waals surface area contributed by atoms with Crippen molar-refractivity contribution in [3.05, 3.63) is 73.2 Å². The molecule has 0 amide bonds. The number of hydrogen-bond donors (Lipinski definition) is 1. The summed E-state index contributed by atoms with van der Waals surface area (Å²) in [5, 5.41) is 8.14. The molecule has 0 saturated carbocycles. The summed E-state index contributed by atoms with van der Waals surface area (Å²) >= 11 is 2.12. The number of halogens is 1. The van der Waals surface area contributed by atoms with Crippen molar-refractivity contribution in [2.75, 3.05) is 6.61 Å². The molecule has 0 radical (unpaired) electrons. The Morgan fingerprint density at radius 3 is 2.71 bits per heavy atom. The van der Waals surface area contributed by atoms with Crippen molar-refractivity contribution in [1.82, 2.24) is 10.2 Å². The van der Waals surface area contributed by atoms with Gasteiger partial charge in [-0.25, -0.2) is 9.89 Å². The van der Waals surface area contributed by atoms with Gasteiger partial charge in [-0.1, -0.05) is 24.3 Å². The summed E-state index contributed by atoms with van der Waals surface area (Å²) in [6.07, 6.45) is 0.515. The molecule has 0 unspecified atom stereocenters. The molecule has 24 heavy (non-hydrogen) atoms. The lowest BCUT2D eigenvalue weighted by molar-refractivity contribution is 0.0525. The predicted octanol–water partition coefficient (Wildman–Crippen LogP) is 3.30. The van der Waals surface area contributed by atoms with E-state index in [4.69, 9.17) is 4.74 Å². The maximum atomic E-state index is 12.0. The van der Waals surface area contributed by atoms with Crippen LogP contribution < -0.4 is 5.56 Å². The van der Waals surface area contributed by atoms with E-state index < -0.39 is 0 Å². The monoisotopic (exact) mass is 434 g/mol. The Bertz CT molecular complexity index is 966. The third kappa shape index (κ3) is 3.33. The zero-order chi connectivity index (χ0) is 17.1. The molecule has 0 fully saturated rings. The fourth-order valence-corrected chi connectivity index (χ4v) is 3.10. The van der Waals surface area contributed by atoms with Gasteiger partial charge in [0.15, 0.2) is 0 Å². The van der Waals surface area contributed by atoms with Gasteiger partial charge < -0.3 is 4.74 Å². The van der Waals surface area contributed by atoms with Crippen LogP contribution in [0.15, 0.2) is 47.3 Å². The van der Waals surface area contributed by atoms with E-state index in [1.165, 1.54) is 0 Å². The number of benzene rings is 2. The van der Waals surface area contributed by atoms with Gasteiger partial charge in [-0.05, 0) is 53.3 Å². The smallest absolute Gasteiger partial charge is 0.339 e. The molecule has 2 aromatic carbocycles. The highest BCUT2D eigenvalue weighted by Crippen LogP contribution is 2.20. The van der Waals surface area contributed by atoms with E-state index in [-0.39, 0.29) is 11.5 Å². The highest BCUT2D eigenvalue weighted by molar-refractivity contribution is 14.1. The number of rotatable bonds is 4. The molecule has 0 saturated heterocycles. The number of nitrogens with one attached hydrogen (secondary N) is 1. The van der Waals surface area contributed by atoms with Crippen molar-refractivity contribution < 1.29 is 9.53 Å². The summed E-state index contributed by atoms with van der Waals surface area (Å²) in [6, 6.07) is 13.0. The Kier molecular flexibility index (Phi) is 4.94. The normalized spacial score (nSPS) is 10.8. The van der Waals surface area contributed by atoms with E-state index in [9.17, 15) is 9.59 Å². The molecule has 1 N–H and O–H groups in total. The number of hydrogen-bond acceptors (Lipinski definition) is 4. The molecule has 0 spiro atoms. The second-order valence-electron chi connectivity index (χ2n) is 5.26. The number of fused-ring (bicyclic) bond motifs is 1. The molecule has 3 rings (SSSR count). The van der Waals surface area contributed by atoms with Gasteiger partial charge in [-0.3, -0.25) is 4.79 Å². The van der Waals surface area contributed by atoms with E-state index >= 15 is 0 Å². The van der Waals surface area contributed by atoms with Crippen LogP contribution in [0.4, 0.5) is 0 Å². The topological polar surface area (TPSA) is 72.0 Å². The van der Waals surface area contributed by atoms with Crippen molar-refractivity contribution in [3.8, 4) is 0 Å². The third-order valence-corrected chi connectivity index (χ3v) is 4.61. The van der Waals surface area contributed by atoms with Crippen LogP contribution >= 0.6 is 22.6 Å². The molecule has 122 valence electrons. The number of esters is 1. The lowest BCUT2D eigenvalue weighted by Gasteiger charge is -2.08. The molecule has 1 aromatic heterocycles. The SMILES string of the molecule is CCOC(=O)c1cc(Cc2n[nH]c(=O)c3ccccc23)ccc1I. The van der Waals surface area contributed by atoms with E-state index in [1.54, 1.807) is 13.0 Å². The average Bonchev–Trinajstić information content (AvgIpc) is 2.59. The lowest BCUT2D eigenvalue weighted by Crippen LogP contribution is -2.12. The summed E-state index contributed by atoms with van der Waals surface area (Å²) in [6.45, 7) is 2.12. The summed E-state index contributed by atoms with van der Waals surface area (Å²) < 4.78 is 5.93. The van der Waals surface area contributed by atoms with Crippen LogP contribution in [0.3, 0.4) is 0 Å². The van der Waals surface area contributed by atoms with Crippen LogP contribution in [0.2, 0.25) is 0 Å². The summed E-state index contributed by atoms with van der Waals surface area (Å²) in [5.41, 5.74) is 2.04. The molecule has 6 heteroatoms. The first-order valence-corrected chi connectivity index (χ1v) is 8.60. The first-order valence-electron chi connectivity index (χ1n) is 7.52. The number of carbonyl (C=O) groups excluding carboxylic acids is 1. The molecule has 0 bridgehead atoms. The number of aromatic amines is 1. The quantitative estimate of drug-likeness (QED) is 0.506. The second-order valence-corrected chi connectivity index (χ2v) is 6.42. The molecule has 0 aliphatic carbocycles. The van der Waals surface area contributed by atoms with Crippen LogP contribution in [0.5, 0.6) is 0 Å². The Morgan fingerprint density at radius 2 is 1.96 bits per heavy atom. The number of aromatic nitrogens is 2. The van der Waals surface area contributed by atoms with Crippen molar-refractivity contribution >= 4 is 39.3 Å². The van der Waals surface area contributed by atoms with Gasteiger partial charge in [0.2, 0.25) is 0 Å². The minimum atomic E-state index is -0.331. The Hall–Kier alpha value is -2.22. The van der Waals surface area contributed by atoms with E-state index in [0.29, 0.717) is 24.0 Å². The highest BCUT2D eigenvalue weighted by Gasteiger charge is 2.13. The Labute approximate surface area is 152 Å². The summed E-state index contributed by atoms with van der Waals surface area (Å²) in [4.78, 5) is 23.9. The fraction of sp³-hybridized carbons (Fsp3) is 0.167. The molecule has 1 heterocycles. The molecule has 0 aliphatic heterocycles. The molecule has 0 atom stereocenters. The fourth-order valence-electron chi connectivity index (χ4n) is 2.55. The van der Waals surface area contributed by atoms with Gasteiger partial charge in [-0.2, -0.15) is 5.10 Å². The van der Waals surface area contributed by atoms with Crippen LogP contribution in [0.1, 0.15) is 28.5 Å². The zero-order valence-electron chi connectivity index (χ0n) is 13.0. The maximum Gasteiger partial charge on any atom is 0.339 e. The summed E-state index contributed by atoms with van der Waals surface area (Å²) in [7, 11) is 0. The van der Waals surface area contributed by atoms with Gasteiger partial charge in [0, 0.05) is 15.4 Å². The number of carbonyl (C=O) groups is 1. The Morgan fingerprint density at radius 1 is 1.21 bits per heavy atom. The first-order chi connectivity index (χ1) is 11.6. The predicted molar refractivity (Wildman–Crippen MR) is 100 cm³/mol. The van der Waals surface area contributed by atoms with Crippen molar-refractivity contribution in [2.45, 2.75) is 13.3 Å². The Balaban J connectivity index is 2.01. The number of ether oxygens (including phenoxy) is 1. The van der Waals surface area contributed by atoms with Crippen LogP contribution in [0, 0.1) is 3.57 Å². The summed E-state index contributed by atoms with van der Waals surface area (Å²) in [5.74, 6) is -0.331. The van der Waals surface area contributed by atoms with Gasteiger partial charge in [0.05, 0.1) is 23.3 Å². The van der Waals surface area contributed by atoms with Crippen LogP contribution in [-0.4, -0.2) is 22.8 Å². The average molecular weight is 434 g/mol. The maximum absolute atomic E-state index is 12.0. The zero-order valence-corrected chi connectivity index (χ0v) is 15.2. The van der Waals surface area contributed by atoms with Gasteiger partial charge in [-0.15, -0.1) is 0 Å². The standard InChI is InChI=1S/C18H15IN2O3/c1-2-24-18(23)14-9-11(7-8-15(14)19)10-16-12-5-3-4-6-13(12)17(22)21-20-16/h3-9H,2,10H2,1H3,(H,21,22). The van der Waals surface area contributed by atoms with Crippen molar-refractivity contribution in [1.29, 1.82) is 0 Å². The minimum absolute atomic E-state index is 0.204. The van der Waals surface area contributed by atoms with E-state index in [2.05, 4.69) is 32.8 Å². The number of H-pyrrole nitrogens is 1. The minimum Gasteiger partial charge on any atom is -0.462 e. The third-order valence-electron chi connectivity index (χ3n) is 3.67. The van der Waals surface area contributed by atoms with Gasteiger partial charge >= 0.3 is 5.97 Å². The van der Waals surface area contributed by atoms with Gasteiger partial charge in [0.25, 0.3) is 5.56 Å². The van der Waals surface area contributed by atoms with Crippen molar-refractivity contribution in [2.24, 2.45) is 0 Å². The largest absolute Gasteiger partial charge is 0.462 e. The van der Waals surface area contributed by atoms with Crippen LogP contribution in [-0.2, 0) is 11.2 Å². The second kappa shape index (κ2) is 7.12. The first kappa shape index (κ1) is 16.6.